The van der Waals surface area contributed by atoms with E-state index in [4.69, 9.17) is 0 Å². The molecule has 0 aromatic heterocycles. The quantitative estimate of drug-likeness (QED) is 0.730. The topological polar surface area (TPSA) is 15.3 Å². The van der Waals surface area contributed by atoms with Gasteiger partial charge in [0.2, 0.25) is 0 Å². The number of likely N-dealkylation sites (N-methyl/N-ethyl adjacent to an activating group) is 1. The van der Waals surface area contributed by atoms with Gasteiger partial charge < -0.3 is 10.2 Å². The summed E-state index contributed by atoms with van der Waals surface area (Å²) < 4.78 is 35.4. The highest BCUT2D eigenvalue weighted by Crippen LogP contribution is 2.14. The molecular weight excluding hydrogens is 181 g/mol. The molecule has 0 radical (unpaired) electrons. The van der Waals surface area contributed by atoms with E-state index in [0.29, 0.717) is 0 Å². The van der Waals surface area contributed by atoms with Crippen molar-refractivity contribution in [2.24, 2.45) is 0 Å². The standard InChI is InChI=1S/C8H15F3N2/c1-2-13-4-3-7(5-13)12-6-8(9,10)11/h7,12H,2-6H2,1H3. The molecule has 1 rings (SSSR count). The molecule has 5 heteroatoms. The SMILES string of the molecule is CCN1CCC(NCC(F)(F)F)C1. The van der Waals surface area contributed by atoms with Gasteiger partial charge in [0.05, 0.1) is 6.54 Å². The summed E-state index contributed by atoms with van der Waals surface area (Å²) in [5.74, 6) is 0. The Kier molecular flexibility index (Phi) is 3.55. The molecule has 1 N–H and O–H groups in total. The Labute approximate surface area is 76.1 Å². The van der Waals surface area contributed by atoms with Crippen LogP contribution in [0.3, 0.4) is 0 Å². The van der Waals surface area contributed by atoms with Gasteiger partial charge in [0, 0.05) is 12.6 Å². The molecule has 0 spiro atoms. The summed E-state index contributed by atoms with van der Waals surface area (Å²) in [5.41, 5.74) is 0. The van der Waals surface area contributed by atoms with Crippen LogP contribution in [0.5, 0.6) is 0 Å². The number of hydrogen-bond donors (Lipinski definition) is 1. The first kappa shape index (κ1) is 10.8. The van der Waals surface area contributed by atoms with Crippen LogP contribution in [-0.4, -0.2) is 43.3 Å². The van der Waals surface area contributed by atoms with Gasteiger partial charge in [0.15, 0.2) is 0 Å². The lowest BCUT2D eigenvalue weighted by molar-refractivity contribution is -0.126. The Hall–Kier alpha value is -0.290. The van der Waals surface area contributed by atoms with Crippen molar-refractivity contribution in [2.75, 3.05) is 26.2 Å². The Morgan fingerprint density at radius 1 is 1.46 bits per heavy atom. The molecule has 1 heterocycles. The van der Waals surface area contributed by atoms with E-state index in [0.717, 1.165) is 26.1 Å². The fraction of sp³-hybridized carbons (Fsp3) is 1.00. The maximum Gasteiger partial charge on any atom is 0.401 e. The fourth-order valence-electron chi connectivity index (χ4n) is 1.55. The minimum absolute atomic E-state index is 0.0153. The predicted molar refractivity (Wildman–Crippen MR) is 44.6 cm³/mol. The summed E-state index contributed by atoms with van der Waals surface area (Å²) in [5, 5.41) is 2.52. The Morgan fingerprint density at radius 2 is 2.15 bits per heavy atom. The molecule has 78 valence electrons. The highest BCUT2D eigenvalue weighted by Gasteiger charge is 2.29. The zero-order valence-electron chi connectivity index (χ0n) is 7.69. The zero-order valence-corrected chi connectivity index (χ0v) is 7.69. The lowest BCUT2D eigenvalue weighted by Crippen LogP contribution is -2.38. The van der Waals surface area contributed by atoms with Gasteiger partial charge in [-0.25, -0.2) is 0 Å². The van der Waals surface area contributed by atoms with Crippen LogP contribution in [0.25, 0.3) is 0 Å². The van der Waals surface area contributed by atoms with Crippen molar-refractivity contribution in [1.82, 2.24) is 10.2 Å². The molecule has 1 fully saturated rings. The van der Waals surface area contributed by atoms with Gasteiger partial charge in [-0.05, 0) is 19.5 Å². The first-order valence-corrected chi connectivity index (χ1v) is 4.54. The van der Waals surface area contributed by atoms with E-state index in [1.54, 1.807) is 0 Å². The lowest BCUT2D eigenvalue weighted by atomic mass is 10.2. The van der Waals surface area contributed by atoms with E-state index in [1.165, 1.54) is 0 Å². The molecule has 1 saturated heterocycles. The number of alkyl halides is 3. The Morgan fingerprint density at radius 3 is 2.62 bits per heavy atom. The number of halogens is 3. The third-order valence-electron chi connectivity index (χ3n) is 2.31. The maximum atomic E-state index is 11.8. The molecule has 1 unspecified atom stereocenters. The molecule has 13 heavy (non-hydrogen) atoms. The number of likely N-dealkylation sites (tertiary alicyclic amines) is 1. The summed E-state index contributed by atoms with van der Waals surface area (Å²) in [6.45, 7) is 3.73. The van der Waals surface area contributed by atoms with Crippen molar-refractivity contribution in [3.8, 4) is 0 Å². The van der Waals surface area contributed by atoms with Crippen molar-refractivity contribution in [2.45, 2.75) is 25.6 Å². The molecule has 0 bridgehead atoms. The lowest BCUT2D eigenvalue weighted by Gasteiger charge is -2.15. The first-order chi connectivity index (χ1) is 6.01. The smallest absolute Gasteiger partial charge is 0.305 e. The summed E-state index contributed by atoms with van der Waals surface area (Å²) in [4.78, 5) is 2.15. The van der Waals surface area contributed by atoms with Gasteiger partial charge in [0.1, 0.15) is 0 Å². The first-order valence-electron chi connectivity index (χ1n) is 4.54. The van der Waals surface area contributed by atoms with E-state index in [9.17, 15) is 13.2 Å². The maximum absolute atomic E-state index is 11.8. The molecule has 0 saturated carbocycles. The van der Waals surface area contributed by atoms with Gasteiger partial charge in [-0.1, -0.05) is 6.92 Å². The van der Waals surface area contributed by atoms with Gasteiger partial charge in [-0.15, -0.1) is 0 Å². The van der Waals surface area contributed by atoms with Crippen molar-refractivity contribution in [3.05, 3.63) is 0 Å². The zero-order chi connectivity index (χ0) is 9.90. The molecular formula is C8H15F3N2. The molecule has 0 aromatic rings. The second-order valence-corrected chi connectivity index (χ2v) is 3.37. The summed E-state index contributed by atoms with van der Waals surface area (Å²) in [7, 11) is 0. The number of hydrogen-bond acceptors (Lipinski definition) is 2. The summed E-state index contributed by atoms with van der Waals surface area (Å²) in [6.07, 6.45) is -3.26. The average molecular weight is 196 g/mol. The van der Waals surface area contributed by atoms with Crippen molar-refractivity contribution in [3.63, 3.8) is 0 Å². The summed E-state index contributed by atoms with van der Waals surface area (Å²) >= 11 is 0. The minimum atomic E-state index is -4.08. The average Bonchev–Trinajstić information content (AvgIpc) is 2.47. The van der Waals surface area contributed by atoms with Crippen molar-refractivity contribution >= 4 is 0 Å². The van der Waals surface area contributed by atoms with Gasteiger partial charge >= 0.3 is 6.18 Å². The Balaban J connectivity index is 2.17. The monoisotopic (exact) mass is 196 g/mol. The highest BCUT2D eigenvalue weighted by atomic mass is 19.4. The van der Waals surface area contributed by atoms with Crippen LogP contribution in [0.15, 0.2) is 0 Å². The molecule has 1 aliphatic heterocycles. The van der Waals surface area contributed by atoms with Crippen LogP contribution < -0.4 is 5.32 Å². The van der Waals surface area contributed by atoms with Crippen LogP contribution in [0.4, 0.5) is 13.2 Å². The van der Waals surface area contributed by atoms with Gasteiger partial charge in [-0.3, -0.25) is 0 Å². The fourth-order valence-corrected chi connectivity index (χ4v) is 1.55. The van der Waals surface area contributed by atoms with E-state index >= 15 is 0 Å². The number of rotatable bonds is 3. The van der Waals surface area contributed by atoms with Gasteiger partial charge in [-0.2, -0.15) is 13.2 Å². The van der Waals surface area contributed by atoms with E-state index in [-0.39, 0.29) is 6.04 Å². The third-order valence-corrected chi connectivity index (χ3v) is 2.31. The molecule has 0 amide bonds. The van der Waals surface area contributed by atoms with Gasteiger partial charge in [0.25, 0.3) is 0 Å². The Bertz CT molecular complexity index is 158. The molecule has 1 atom stereocenters. The molecule has 1 aliphatic rings. The number of nitrogens with one attached hydrogen (secondary N) is 1. The second-order valence-electron chi connectivity index (χ2n) is 3.37. The predicted octanol–water partition coefficient (Wildman–Crippen LogP) is 1.23. The molecule has 2 nitrogen and oxygen atoms in total. The van der Waals surface area contributed by atoms with E-state index < -0.39 is 12.7 Å². The largest absolute Gasteiger partial charge is 0.401 e. The third kappa shape index (κ3) is 3.95. The molecule has 0 aliphatic carbocycles. The number of nitrogens with zero attached hydrogens (tertiary/aromatic N) is 1. The molecule has 0 aromatic carbocycles. The van der Waals surface area contributed by atoms with Crippen LogP contribution in [0.2, 0.25) is 0 Å². The summed E-state index contributed by atoms with van der Waals surface area (Å²) in [6, 6.07) is 0.0153. The second kappa shape index (κ2) is 4.28. The normalized spacial score (nSPS) is 25.4. The highest BCUT2D eigenvalue weighted by molar-refractivity contribution is 4.80. The van der Waals surface area contributed by atoms with E-state index in [1.807, 2.05) is 6.92 Å². The minimum Gasteiger partial charge on any atom is -0.305 e. The van der Waals surface area contributed by atoms with Crippen molar-refractivity contribution in [1.29, 1.82) is 0 Å². The van der Waals surface area contributed by atoms with E-state index in [2.05, 4.69) is 10.2 Å². The van der Waals surface area contributed by atoms with Crippen molar-refractivity contribution < 1.29 is 13.2 Å². The van der Waals surface area contributed by atoms with Crippen LogP contribution in [0.1, 0.15) is 13.3 Å². The van der Waals surface area contributed by atoms with Crippen LogP contribution in [0, 0.1) is 0 Å². The van der Waals surface area contributed by atoms with Crippen LogP contribution >= 0.6 is 0 Å². The van der Waals surface area contributed by atoms with Crippen LogP contribution in [-0.2, 0) is 0 Å².